The quantitative estimate of drug-likeness (QED) is 0.173. The van der Waals surface area contributed by atoms with Gasteiger partial charge < -0.3 is 15.4 Å². The van der Waals surface area contributed by atoms with Crippen molar-refractivity contribution in [3.63, 3.8) is 0 Å². The first-order valence-corrected chi connectivity index (χ1v) is 12.0. The van der Waals surface area contributed by atoms with E-state index >= 15 is 0 Å². The van der Waals surface area contributed by atoms with E-state index in [-0.39, 0.29) is 28.9 Å². The fraction of sp³-hybridized carbons (Fsp3) is 0.435. The Bertz CT molecular complexity index is 977. The van der Waals surface area contributed by atoms with E-state index in [1.54, 1.807) is 19.2 Å². The van der Waals surface area contributed by atoms with Gasteiger partial charge in [-0.3, -0.25) is 4.99 Å². The maximum atomic E-state index is 11.4. The molecule has 0 radical (unpaired) electrons. The van der Waals surface area contributed by atoms with Gasteiger partial charge in [-0.25, -0.2) is 13.6 Å². The van der Waals surface area contributed by atoms with Crippen molar-refractivity contribution < 1.29 is 13.2 Å². The molecule has 0 atom stereocenters. The normalized spacial score (nSPS) is 11.8. The maximum absolute atomic E-state index is 11.4. The molecule has 32 heavy (non-hydrogen) atoms. The zero-order valence-electron chi connectivity index (χ0n) is 19.2. The standard InChI is InChI=1S/C23H34N4O3S.HI/c1-17(2)6-5-13-30-22-14-18(3)7-10-20(22)16-27-23(25-4)26-15-19-8-11-21(12-9-19)31(24,28)29;/h7-12,14,17H,5-6,13,15-16H2,1-4H3,(H2,24,28,29)(H2,25,26,27);1H. The van der Waals surface area contributed by atoms with Crippen LogP contribution in [0.3, 0.4) is 0 Å². The van der Waals surface area contributed by atoms with Crippen LogP contribution in [-0.4, -0.2) is 28.0 Å². The minimum Gasteiger partial charge on any atom is -0.493 e. The third kappa shape index (κ3) is 9.74. The summed E-state index contributed by atoms with van der Waals surface area (Å²) >= 11 is 0. The summed E-state index contributed by atoms with van der Waals surface area (Å²) in [5, 5.41) is 11.7. The first-order chi connectivity index (χ1) is 14.7. The minimum absolute atomic E-state index is 0. The summed E-state index contributed by atoms with van der Waals surface area (Å²) in [5.74, 6) is 2.21. The highest BCUT2D eigenvalue weighted by Crippen LogP contribution is 2.21. The largest absolute Gasteiger partial charge is 0.493 e. The van der Waals surface area contributed by atoms with Gasteiger partial charge in [-0.05, 0) is 55.0 Å². The molecule has 0 fully saturated rings. The predicted molar refractivity (Wildman–Crippen MR) is 141 cm³/mol. The zero-order valence-corrected chi connectivity index (χ0v) is 22.4. The van der Waals surface area contributed by atoms with Gasteiger partial charge in [-0.15, -0.1) is 24.0 Å². The number of nitrogens with two attached hydrogens (primary N) is 1. The molecule has 4 N–H and O–H groups in total. The molecule has 0 bridgehead atoms. The molecular formula is C23H35IN4O3S. The molecule has 0 amide bonds. The molecule has 178 valence electrons. The lowest BCUT2D eigenvalue weighted by Crippen LogP contribution is -2.36. The Morgan fingerprint density at radius 3 is 2.34 bits per heavy atom. The van der Waals surface area contributed by atoms with Crippen LogP contribution in [0.1, 0.15) is 43.4 Å². The van der Waals surface area contributed by atoms with Crippen LogP contribution < -0.4 is 20.5 Å². The molecule has 2 rings (SSSR count). The SMILES string of the molecule is CN=C(NCc1ccc(S(N)(=O)=O)cc1)NCc1ccc(C)cc1OCCCC(C)C.I. The van der Waals surface area contributed by atoms with Crippen molar-refractivity contribution in [1.29, 1.82) is 0 Å². The molecule has 9 heteroatoms. The number of rotatable bonds is 10. The highest BCUT2D eigenvalue weighted by molar-refractivity contribution is 14.0. The number of aryl methyl sites for hydroxylation is 1. The second kappa shape index (κ2) is 13.6. The molecule has 0 aliphatic heterocycles. The van der Waals surface area contributed by atoms with E-state index in [9.17, 15) is 8.42 Å². The molecule has 0 unspecified atom stereocenters. The molecule has 0 aliphatic carbocycles. The van der Waals surface area contributed by atoms with Crippen LogP contribution in [0.15, 0.2) is 52.4 Å². The van der Waals surface area contributed by atoms with E-state index in [0.29, 0.717) is 31.6 Å². The zero-order chi connectivity index (χ0) is 22.9. The second-order valence-corrected chi connectivity index (χ2v) is 9.53. The van der Waals surface area contributed by atoms with Crippen molar-refractivity contribution in [1.82, 2.24) is 10.6 Å². The number of hydrogen-bond acceptors (Lipinski definition) is 4. The molecule has 0 spiro atoms. The Labute approximate surface area is 209 Å². The van der Waals surface area contributed by atoms with Gasteiger partial charge in [0.25, 0.3) is 0 Å². The molecule has 2 aromatic carbocycles. The van der Waals surface area contributed by atoms with Crippen LogP contribution in [0, 0.1) is 12.8 Å². The van der Waals surface area contributed by atoms with Crippen molar-refractivity contribution in [3.05, 3.63) is 59.2 Å². The van der Waals surface area contributed by atoms with E-state index < -0.39 is 10.0 Å². The van der Waals surface area contributed by atoms with E-state index in [2.05, 4.69) is 54.6 Å². The number of ether oxygens (including phenoxy) is 1. The predicted octanol–water partition coefficient (Wildman–Crippen LogP) is 3.94. The number of nitrogens with zero attached hydrogens (tertiary/aromatic N) is 1. The van der Waals surface area contributed by atoms with Crippen molar-refractivity contribution in [3.8, 4) is 5.75 Å². The number of guanidine groups is 1. The Hall–Kier alpha value is -1.85. The second-order valence-electron chi connectivity index (χ2n) is 7.96. The average Bonchev–Trinajstić information content (AvgIpc) is 2.72. The highest BCUT2D eigenvalue weighted by Gasteiger charge is 2.08. The summed E-state index contributed by atoms with van der Waals surface area (Å²) in [7, 11) is -1.98. The third-order valence-corrected chi connectivity index (χ3v) is 5.72. The van der Waals surface area contributed by atoms with Crippen LogP contribution in [-0.2, 0) is 23.1 Å². The average molecular weight is 575 g/mol. The third-order valence-electron chi connectivity index (χ3n) is 4.79. The van der Waals surface area contributed by atoms with Crippen LogP contribution in [0.2, 0.25) is 0 Å². The molecule has 0 saturated carbocycles. The number of aliphatic imine (C=N–C) groups is 1. The number of sulfonamides is 1. The van der Waals surface area contributed by atoms with E-state index in [4.69, 9.17) is 9.88 Å². The summed E-state index contributed by atoms with van der Waals surface area (Å²) in [5.41, 5.74) is 3.14. The Kier molecular flexibility index (Phi) is 12.0. The molecule has 0 aliphatic rings. The van der Waals surface area contributed by atoms with Crippen LogP contribution in [0.5, 0.6) is 5.75 Å². The summed E-state index contributed by atoms with van der Waals surface area (Å²) in [6.45, 7) is 8.26. The molecule has 0 saturated heterocycles. The van der Waals surface area contributed by atoms with Crippen molar-refractivity contribution in [2.75, 3.05) is 13.7 Å². The lowest BCUT2D eigenvalue weighted by Gasteiger charge is -2.16. The Morgan fingerprint density at radius 2 is 1.75 bits per heavy atom. The number of benzene rings is 2. The number of hydrogen-bond donors (Lipinski definition) is 3. The summed E-state index contributed by atoms with van der Waals surface area (Å²) in [6, 6.07) is 12.7. The fourth-order valence-electron chi connectivity index (χ4n) is 3.00. The lowest BCUT2D eigenvalue weighted by molar-refractivity contribution is 0.294. The van der Waals surface area contributed by atoms with Gasteiger partial charge in [0.15, 0.2) is 5.96 Å². The van der Waals surface area contributed by atoms with E-state index in [0.717, 1.165) is 35.3 Å². The summed E-state index contributed by atoms with van der Waals surface area (Å²) in [4.78, 5) is 4.35. The number of halogens is 1. The molecule has 7 nitrogen and oxygen atoms in total. The topological polar surface area (TPSA) is 106 Å². The summed E-state index contributed by atoms with van der Waals surface area (Å²) in [6.07, 6.45) is 2.18. The van der Waals surface area contributed by atoms with E-state index in [1.165, 1.54) is 12.1 Å². The maximum Gasteiger partial charge on any atom is 0.238 e. The van der Waals surface area contributed by atoms with Gasteiger partial charge in [-0.2, -0.15) is 0 Å². The van der Waals surface area contributed by atoms with Gasteiger partial charge in [0, 0.05) is 25.7 Å². The molecule has 0 aromatic heterocycles. The number of nitrogens with one attached hydrogen (secondary N) is 2. The van der Waals surface area contributed by atoms with Gasteiger partial charge in [0.05, 0.1) is 11.5 Å². The Balaban J connectivity index is 0.00000512. The smallest absolute Gasteiger partial charge is 0.238 e. The fourth-order valence-corrected chi connectivity index (χ4v) is 3.51. The molecule has 2 aromatic rings. The van der Waals surface area contributed by atoms with Crippen LogP contribution in [0.25, 0.3) is 0 Å². The van der Waals surface area contributed by atoms with Crippen LogP contribution >= 0.6 is 24.0 Å². The minimum atomic E-state index is -3.68. The first-order valence-electron chi connectivity index (χ1n) is 10.5. The number of primary sulfonamides is 1. The van der Waals surface area contributed by atoms with Gasteiger partial charge in [-0.1, -0.05) is 38.1 Å². The van der Waals surface area contributed by atoms with Crippen LogP contribution in [0.4, 0.5) is 0 Å². The van der Waals surface area contributed by atoms with Crippen molar-refractivity contribution in [2.45, 2.75) is 51.6 Å². The first kappa shape index (κ1) is 28.2. The van der Waals surface area contributed by atoms with Gasteiger partial charge in [0.2, 0.25) is 10.0 Å². The highest BCUT2D eigenvalue weighted by atomic mass is 127. The monoisotopic (exact) mass is 574 g/mol. The molecule has 0 heterocycles. The van der Waals surface area contributed by atoms with Crippen molar-refractivity contribution >= 4 is 40.0 Å². The van der Waals surface area contributed by atoms with Gasteiger partial charge >= 0.3 is 0 Å². The van der Waals surface area contributed by atoms with Gasteiger partial charge in [0.1, 0.15) is 5.75 Å². The molecular weight excluding hydrogens is 539 g/mol. The van der Waals surface area contributed by atoms with E-state index in [1.807, 2.05) is 0 Å². The summed E-state index contributed by atoms with van der Waals surface area (Å²) < 4.78 is 28.8. The van der Waals surface area contributed by atoms with Crippen molar-refractivity contribution in [2.24, 2.45) is 16.0 Å². The Morgan fingerprint density at radius 1 is 1.09 bits per heavy atom. The lowest BCUT2D eigenvalue weighted by atomic mass is 10.1.